The predicted octanol–water partition coefficient (Wildman–Crippen LogP) is 2.63. The van der Waals surface area contributed by atoms with Crippen molar-refractivity contribution in [1.82, 2.24) is 5.32 Å². The van der Waals surface area contributed by atoms with E-state index < -0.39 is 0 Å². The van der Waals surface area contributed by atoms with Gasteiger partial charge < -0.3 is 5.32 Å². The highest BCUT2D eigenvalue weighted by atomic mass is 35.5. The Morgan fingerprint density at radius 1 is 1.23 bits per heavy atom. The van der Waals surface area contributed by atoms with Gasteiger partial charge in [-0.1, -0.05) is 24.3 Å². The fourth-order valence-corrected chi connectivity index (χ4v) is 1.89. The van der Waals surface area contributed by atoms with Gasteiger partial charge in [0, 0.05) is 5.54 Å². The van der Waals surface area contributed by atoms with Crippen molar-refractivity contribution in [1.29, 1.82) is 0 Å². The van der Waals surface area contributed by atoms with Crippen LogP contribution < -0.4 is 5.32 Å². The molecule has 1 saturated carbocycles. The van der Waals surface area contributed by atoms with Gasteiger partial charge in [-0.05, 0) is 37.9 Å². The highest BCUT2D eigenvalue weighted by Crippen LogP contribution is 2.46. The van der Waals surface area contributed by atoms with Gasteiger partial charge in [0.05, 0.1) is 0 Å². The van der Waals surface area contributed by atoms with Crippen LogP contribution in [0, 0.1) is 6.92 Å². The van der Waals surface area contributed by atoms with Gasteiger partial charge in [0.15, 0.2) is 0 Å². The van der Waals surface area contributed by atoms with Gasteiger partial charge in [-0.2, -0.15) is 0 Å². The Balaban J connectivity index is 0.000000845. The number of hydrogen-bond acceptors (Lipinski definition) is 1. The highest BCUT2D eigenvalue weighted by molar-refractivity contribution is 5.85. The first kappa shape index (κ1) is 10.6. The molecule has 0 saturated heterocycles. The van der Waals surface area contributed by atoms with Crippen molar-refractivity contribution < 1.29 is 0 Å². The Morgan fingerprint density at radius 3 is 2.31 bits per heavy atom. The molecule has 1 fully saturated rings. The molecule has 13 heavy (non-hydrogen) atoms. The first-order valence-electron chi connectivity index (χ1n) is 4.53. The minimum absolute atomic E-state index is 0. The molecule has 1 aliphatic rings. The third-order valence-corrected chi connectivity index (χ3v) is 2.89. The molecule has 0 aromatic heterocycles. The number of aryl methyl sites for hydroxylation is 1. The summed E-state index contributed by atoms with van der Waals surface area (Å²) in [5, 5.41) is 3.41. The number of benzene rings is 1. The lowest BCUT2D eigenvalue weighted by molar-refractivity contribution is 0.582. The molecule has 0 bridgehead atoms. The number of hydrogen-bond donors (Lipinski definition) is 1. The van der Waals surface area contributed by atoms with E-state index in [2.05, 4.69) is 43.6 Å². The van der Waals surface area contributed by atoms with Gasteiger partial charge in [-0.25, -0.2) is 0 Å². The Hall–Kier alpha value is -0.530. The van der Waals surface area contributed by atoms with Crippen LogP contribution in [-0.2, 0) is 5.54 Å². The molecule has 0 radical (unpaired) electrons. The minimum atomic E-state index is 0. The van der Waals surface area contributed by atoms with Crippen molar-refractivity contribution in [3.05, 3.63) is 35.4 Å². The van der Waals surface area contributed by atoms with E-state index in [1.807, 2.05) is 0 Å². The van der Waals surface area contributed by atoms with E-state index in [0.29, 0.717) is 5.54 Å². The van der Waals surface area contributed by atoms with Crippen LogP contribution in [-0.4, -0.2) is 7.05 Å². The highest BCUT2D eigenvalue weighted by Gasteiger charge is 2.43. The first-order chi connectivity index (χ1) is 5.78. The maximum Gasteiger partial charge on any atom is 0.0436 e. The molecule has 0 spiro atoms. The van der Waals surface area contributed by atoms with Crippen molar-refractivity contribution in [3.63, 3.8) is 0 Å². The Morgan fingerprint density at radius 2 is 1.85 bits per heavy atom. The molecule has 0 heterocycles. The third-order valence-electron chi connectivity index (χ3n) is 2.89. The van der Waals surface area contributed by atoms with Gasteiger partial charge in [-0.15, -0.1) is 12.4 Å². The van der Waals surface area contributed by atoms with E-state index in [9.17, 15) is 0 Å². The largest absolute Gasteiger partial charge is 0.310 e. The van der Waals surface area contributed by atoms with Crippen LogP contribution in [0.1, 0.15) is 24.0 Å². The van der Waals surface area contributed by atoms with Crippen LogP contribution in [0.4, 0.5) is 0 Å². The van der Waals surface area contributed by atoms with Crippen molar-refractivity contribution in [2.75, 3.05) is 7.05 Å². The maximum atomic E-state index is 3.41. The lowest BCUT2D eigenvalue weighted by Gasteiger charge is -2.16. The molecule has 0 aliphatic heterocycles. The molecule has 0 unspecified atom stereocenters. The second-order valence-electron chi connectivity index (χ2n) is 3.65. The lowest BCUT2D eigenvalue weighted by Crippen LogP contribution is -2.25. The standard InChI is InChI=1S/C11H15N.ClH/c1-9-5-3-4-6-10(9)11(12-2)7-8-11;/h3-6,12H,7-8H2,1-2H3;1H. The van der Waals surface area contributed by atoms with Crippen LogP contribution in [0.15, 0.2) is 24.3 Å². The second kappa shape index (κ2) is 3.69. The van der Waals surface area contributed by atoms with Crippen LogP contribution in [0.25, 0.3) is 0 Å². The summed E-state index contributed by atoms with van der Waals surface area (Å²) < 4.78 is 0. The Labute approximate surface area is 86.0 Å². The normalized spacial score (nSPS) is 17.7. The van der Waals surface area contributed by atoms with Crippen molar-refractivity contribution >= 4 is 12.4 Å². The number of halogens is 1. The summed E-state index contributed by atoms with van der Waals surface area (Å²) in [7, 11) is 2.06. The fraction of sp³-hybridized carbons (Fsp3) is 0.455. The van der Waals surface area contributed by atoms with E-state index in [1.54, 1.807) is 0 Å². The summed E-state index contributed by atoms with van der Waals surface area (Å²) in [5.41, 5.74) is 3.21. The molecule has 0 amide bonds. The summed E-state index contributed by atoms with van der Waals surface area (Å²) in [4.78, 5) is 0. The van der Waals surface area contributed by atoms with Crippen LogP contribution in [0.3, 0.4) is 0 Å². The van der Waals surface area contributed by atoms with Crippen molar-refractivity contribution in [2.45, 2.75) is 25.3 Å². The SMILES string of the molecule is CNC1(c2ccccc2C)CC1.Cl. The number of nitrogens with one attached hydrogen (secondary N) is 1. The third kappa shape index (κ3) is 1.72. The summed E-state index contributed by atoms with van der Waals surface area (Å²) in [6, 6.07) is 8.65. The monoisotopic (exact) mass is 197 g/mol. The summed E-state index contributed by atoms with van der Waals surface area (Å²) in [5.74, 6) is 0. The quantitative estimate of drug-likeness (QED) is 0.769. The fourth-order valence-electron chi connectivity index (χ4n) is 1.89. The minimum Gasteiger partial charge on any atom is -0.310 e. The zero-order chi connectivity index (χ0) is 8.60. The van der Waals surface area contributed by atoms with Crippen molar-refractivity contribution in [3.8, 4) is 0 Å². The molecule has 1 N–H and O–H groups in total. The van der Waals surface area contributed by atoms with Gasteiger partial charge in [0.25, 0.3) is 0 Å². The lowest BCUT2D eigenvalue weighted by atomic mass is 10.00. The van der Waals surface area contributed by atoms with E-state index >= 15 is 0 Å². The van der Waals surface area contributed by atoms with E-state index in [0.717, 1.165) is 0 Å². The molecule has 1 aliphatic carbocycles. The molecular weight excluding hydrogens is 182 g/mol. The average molecular weight is 198 g/mol. The van der Waals surface area contributed by atoms with Crippen molar-refractivity contribution in [2.24, 2.45) is 0 Å². The van der Waals surface area contributed by atoms with Gasteiger partial charge in [0.1, 0.15) is 0 Å². The summed E-state index contributed by atoms with van der Waals surface area (Å²) in [6.07, 6.45) is 2.57. The number of rotatable bonds is 2. The average Bonchev–Trinajstić information content (AvgIpc) is 2.86. The molecule has 0 atom stereocenters. The van der Waals surface area contributed by atoms with E-state index in [4.69, 9.17) is 0 Å². The molecule has 1 nitrogen and oxygen atoms in total. The van der Waals surface area contributed by atoms with Crippen LogP contribution in [0.5, 0.6) is 0 Å². The maximum absolute atomic E-state index is 3.41. The molecule has 2 rings (SSSR count). The molecular formula is C11H16ClN. The van der Waals surface area contributed by atoms with E-state index in [-0.39, 0.29) is 12.4 Å². The van der Waals surface area contributed by atoms with Gasteiger partial charge >= 0.3 is 0 Å². The zero-order valence-corrected chi connectivity index (χ0v) is 8.95. The van der Waals surface area contributed by atoms with Gasteiger partial charge in [-0.3, -0.25) is 0 Å². The van der Waals surface area contributed by atoms with Crippen LogP contribution >= 0.6 is 12.4 Å². The van der Waals surface area contributed by atoms with E-state index in [1.165, 1.54) is 24.0 Å². The smallest absolute Gasteiger partial charge is 0.0436 e. The zero-order valence-electron chi connectivity index (χ0n) is 8.13. The van der Waals surface area contributed by atoms with Gasteiger partial charge in [0.2, 0.25) is 0 Å². The summed E-state index contributed by atoms with van der Waals surface area (Å²) >= 11 is 0. The Bertz CT molecular complexity index is 292. The summed E-state index contributed by atoms with van der Waals surface area (Å²) in [6.45, 7) is 2.19. The van der Waals surface area contributed by atoms with Crippen LogP contribution in [0.2, 0.25) is 0 Å². The molecule has 1 aromatic rings. The molecule has 2 heteroatoms. The molecule has 72 valence electrons. The second-order valence-corrected chi connectivity index (χ2v) is 3.65. The Kier molecular flexibility index (Phi) is 2.99. The predicted molar refractivity (Wildman–Crippen MR) is 58.4 cm³/mol. The molecule has 1 aromatic carbocycles. The first-order valence-corrected chi connectivity index (χ1v) is 4.53. The topological polar surface area (TPSA) is 12.0 Å².